The minimum Gasteiger partial charge on any atom is -0.423 e. The van der Waals surface area contributed by atoms with E-state index in [1.165, 1.54) is 12.3 Å². The van der Waals surface area contributed by atoms with Gasteiger partial charge in [0.15, 0.2) is 0 Å². The third-order valence-corrected chi connectivity index (χ3v) is 1.98. The monoisotopic (exact) mass is 190 g/mol. The topological polar surface area (TPSA) is 77.1 Å². The molecule has 72 valence electrons. The number of aromatic nitrogens is 1. The second kappa shape index (κ2) is 4.22. The van der Waals surface area contributed by atoms with Crippen molar-refractivity contribution in [3.8, 4) is 6.07 Å². The molecule has 1 rings (SSSR count). The lowest BCUT2D eigenvalue weighted by atomic mass is 9.75. The Labute approximate surface area is 83.0 Å². The molecule has 14 heavy (non-hydrogen) atoms. The molecule has 0 fully saturated rings. The largest absolute Gasteiger partial charge is 0.488 e. The maximum Gasteiger partial charge on any atom is 0.488 e. The molecule has 5 heteroatoms. The van der Waals surface area contributed by atoms with Gasteiger partial charge in [0.05, 0.1) is 0 Å². The predicted octanol–water partition coefficient (Wildman–Crippen LogP) is -0.244. The third-order valence-electron chi connectivity index (χ3n) is 1.98. The summed E-state index contributed by atoms with van der Waals surface area (Å²) in [5.74, 6) is 0.145. The number of pyridine rings is 1. The Morgan fingerprint density at radius 3 is 2.57 bits per heavy atom. The first-order chi connectivity index (χ1) is 6.56. The lowest BCUT2D eigenvalue weighted by Crippen LogP contribution is -2.34. The molecule has 0 bridgehead atoms. The fourth-order valence-electron chi connectivity index (χ4n) is 1.25. The Morgan fingerprint density at radius 1 is 1.50 bits per heavy atom. The van der Waals surface area contributed by atoms with E-state index < -0.39 is 7.12 Å². The first kappa shape index (κ1) is 10.7. The first-order valence-corrected chi connectivity index (χ1v) is 4.32. The summed E-state index contributed by atoms with van der Waals surface area (Å²) in [4.78, 5) is 3.88. The van der Waals surface area contributed by atoms with E-state index in [0.29, 0.717) is 5.46 Å². The Kier molecular flexibility index (Phi) is 3.23. The fourth-order valence-corrected chi connectivity index (χ4v) is 1.25. The van der Waals surface area contributed by atoms with Crippen LogP contribution >= 0.6 is 0 Å². The van der Waals surface area contributed by atoms with Gasteiger partial charge in [-0.3, -0.25) is 0 Å². The van der Waals surface area contributed by atoms with Crippen LogP contribution in [-0.4, -0.2) is 22.2 Å². The van der Waals surface area contributed by atoms with E-state index in [2.05, 4.69) is 4.98 Å². The predicted molar refractivity (Wildman–Crippen MR) is 52.9 cm³/mol. The summed E-state index contributed by atoms with van der Waals surface area (Å²) in [6.45, 7) is 3.85. The van der Waals surface area contributed by atoms with E-state index in [9.17, 15) is 0 Å². The summed E-state index contributed by atoms with van der Waals surface area (Å²) in [6.07, 6.45) is 1.51. The molecule has 0 aliphatic heterocycles. The number of rotatable bonds is 2. The Bertz CT molecular complexity index is 372. The summed E-state index contributed by atoms with van der Waals surface area (Å²) in [6, 6.07) is 3.26. The van der Waals surface area contributed by atoms with Crippen molar-refractivity contribution in [2.45, 2.75) is 19.8 Å². The second-order valence-corrected chi connectivity index (χ2v) is 3.34. The van der Waals surface area contributed by atoms with Crippen molar-refractivity contribution < 1.29 is 10.0 Å². The van der Waals surface area contributed by atoms with Crippen molar-refractivity contribution in [3.05, 3.63) is 23.5 Å². The number of nitrogens with zero attached hydrogens (tertiary/aromatic N) is 2. The summed E-state index contributed by atoms with van der Waals surface area (Å²) in [5.41, 5.74) is 1.29. The van der Waals surface area contributed by atoms with Crippen molar-refractivity contribution in [2.24, 2.45) is 0 Å². The van der Waals surface area contributed by atoms with Crippen LogP contribution in [0, 0.1) is 11.3 Å². The van der Waals surface area contributed by atoms with E-state index in [1.54, 1.807) is 0 Å². The molecule has 0 saturated carbocycles. The molecule has 4 nitrogen and oxygen atoms in total. The van der Waals surface area contributed by atoms with Gasteiger partial charge in [-0.05, 0) is 23.0 Å². The zero-order chi connectivity index (χ0) is 10.7. The van der Waals surface area contributed by atoms with Gasteiger partial charge in [-0.25, -0.2) is 4.98 Å². The van der Waals surface area contributed by atoms with Gasteiger partial charge in [-0.2, -0.15) is 5.26 Å². The quantitative estimate of drug-likeness (QED) is 0.630. The van der Waals surface area contributed by atoms with Gasteiger partial charge >= 0.3 is 7.12 Å². The van der Waals surface area contributed by atoms with Gasteiger partial charge < -0.3 is 10.0 Å². The van der Waals surface area contributed by atoms with Gasteiger partial charge in [0.25, 0.3) is 0 Å². The molecule has 0 radical (unpaired) electrons. The van der Waals surface area contributed by atoms with Crippen LogP contribution in [0.1, 0.15) is 31.0 Å². The van der Waals surface area contributed by atoms with Gasteiger partial charge in [0.1, 0.15) is 11.8 Å². The van der Waals surface area contributed by atoms with Crippen LogP contribution in [0.25, 0.3) is 0 Å². The molecule has 1 aromatic rings. The minimum atomic E-state index is -1.55. The molecule has 0 unspecified atom stereocenters. The van der Waals surface area contributed by atoms with Crippen LogP contribution < -0.4 is 5.46 Å². The Hall–Kier alpha value is -1.38. The van der Waals surface area contributed by atoms with E-state index in [-0.39, 0.29) is 11.6 Å². The minimum absolute atomic E-state index is 0.145. The summed E-state index contributed by atoms with van der Waals surface area (Å²) < 4.78 is 0. The lowest BCUT2D eigenvalue weighted by molar-refractivity contribution is 0.425. The number of nitriles is 1. The van der Waals surface area contributed by atoms with E-state index in [1.807, 2.05) is 19.9 Å². The summed E-state index contributed by atoms with van der Waals surface area (Å²) in [7, 11) is -1.55. The van der Waals surface area contributed by atoms with Gasteiger partial charge in [0.2, 0.25) is 0 Å². The lowest BCUT2D eigenvalue weighted by Gasteiger charge is -2.11. The highest BCUT2D eigenvalue weighted by Crippen LogP contribution is 2.11. The average Bonchev–Trinajstić information content (AvgIpc) is 2.16. The molecule has 0 aromatic carbocycles. The molecular weight excluding hydrogens is 179 g/mol. The second-order valence-electron chi connectivity index (χ2n) is 3.34. The SMILES string of the molecule is CC(C)c1cnc(C#N)cc1B(O)O. The van der Waals surface area contributed by atoms with E-state index in [4.69, 9.17) is 15.3 Å². The van der Waals surface area contributed by atoms with Gasteiger partial charge in [-0.1, -0.05) is 13.8 Å². The van der Waals surface area contributed by atoms with Crippen LogP contribution in [-0.2, 0) is 0 Å². The van der Waals surface area contributed by atoms with E-state index in [0.717, 1.165) is 5.56 Å². The molecule has 1 aromatic heterocycles. The number of hydrogen-bond donors (Lipinski definition) is 2. The molecule has 0 saturated heterocycles. The smallest absolute Gasteiger partial charge is 0.423 e. The zero-order valence-corrected chi connectivity index (χ0v) is 8.10. The van der Waals surface area contributed by atoms with Crippen molar-refractivity contribution in [1.82, 2.24) is 4.98 Å². The Balaban J connectivity index is 3.26. The van der Waals surface area contributed by atoms with Crippen molar-refractivity contribution in [2.75, 3.05) is 0 Å². The average molecular weight is 190 g/mol. The van der Waals surface area contributed by atoms with Crippen LogP contribution in [0.4, 0.5) is 0 Å². The molecule has 0 atom stereocenters. The number of hydrogen-bond acceptors (Lipinski definition) is 4. The van der Waals surface area contributed by atoms with Crippen molar-refractivity contribution in [1.29, 1.82) is 5.26 Å². The maximum atomic E-state index is 9.09. The normalized spacial score (nSPS) is 10.0. The standard InChI is InChI=1S/C9H11BN2O2/c1-6(2)8-5-12-7(4-11)3-9(8)10(13)14/h3,5-6,13-14H,1-2H3. The molecule has 0 aliphatic rings. The van der Waals surface area contributed by atoms with Crippen molar-refractivity contribution in [3.63, 3.8) is 0 Å². The third kappa shape index (κ3) is 2.10. The van der Waals surface area contributed by atoms with Gasteiger partial charge in [-0.15, -0.1) is 0 Å². The summed E-state index contributed by atoms with van der Waals surface area (Å²) >= 11 is 0. The first-order valence-electron chi connectivity index (χ1n) is 4.32. The Morgan fingerprint density at radius 2 is 2.14 bits per heavy atom. The molecule has 1 heterocycles. The molecule has 2 N–H and O–H groups in total. The van der Waals surface area contributed by atoms with Crippen molar-refractivity contribution >= 4 is 12.6 Å². The molecule has 0 aliphatic carbocycles. The zero-order valence-electron chi connectivity index (χ0n) is 8.10. The highest BCUT2D eigenvalue weighted by molar-refractivity contribution is 6.59. The van der Waals surface area contributed by atoms with Crippen LogP contribution in [0.2, 0.25) is 0 Å². The molecule has 0 spiro atoms. The van der Waals surface area contributed by atoms with Crippen LogP contribution in [0.3, 0.4) is 0 Å². The van der Waals surface area contributed by atoms with Crippen LogP contribution in [0.5, 0.6) is 0 Å². The maximum absolute atomic E-state index is 9.09. The highest BCUT2D eigenvalue weighted by atomic mass is 16.4. The molecule has 0 amide bonds. The van der Waals surface area contributed by atoms with E-state index >= 15 is 0 Å². The summed E-state index contributed by atoms with van der Waals surface area (Å²) in [5, 5.41) is 26.8. The van der Waals surface area contributed by atoms with Gasteiger partial charge in [0, 0.05) is 6.20 Å². The molecular formula is C9H11BN2O2. The fraction of sp³-hybridized carbons (Fsp3) is 0.333. The van der Waals surface area contributed by atoms with Crippen LogP contribution in [0.15, 0.2) is 12.3 Å². The highest BCUT2D eigenvalue weighted by Gasteiger charge is 2.18.